The molecule has 2 atom stereocenters. The zero-order valence-corrected chi connectivity index (χ0v) is 23.7. The number of carbonyl (C=O) groups excluding carboxylic acids is 1. The van der Waals surface area contributed by atoms with Crippen molar-refractivity contribution in [3.05, 3.63) is 46.9 Å². The first-order valence-electron chi connectivity index (χ1n) is 14.9. The van der Waals surface area contributed by atoms with Crippen molar-refractivity contribution in [2.45, 2.75) is 69.7 Å². The second-order valence-corrected chi connectivity index (χ2v) is 11.9. The van der Waals surface area contributed by atoms with Gasteiger partial charge in [0.2, 0.25) is 0 Å². The van der Waals surface area contributed by atoms with Crippen molar-refractivity contribution in [2.24, 2.45) is 0 Å². The Hall–Kier alpha value is -3.57. The number of anilines is 2. The van der Waals surface area contributed by atoms with Gasteiger partial charge in [0.25, 0.3) is 5.91 Å². The summed E-state index contributed by atoms with van der Waals surface area (Å²) in [5.74, 6) is -0.327. The van der Waals surface area contributed by atoms with Gasteiger partial charge in [-0.1, -0.05) is 13.0 Å². The molecule has 0 radical (unpaired) electrons. The van der Waals surface area contributed by atoms with E-state index in [1.54, 1.807) is 12.1 Å². The molecule has 2 aromatic carbocycles. The van der Waals surface area contributed by atoms with Crippen molar-refractivity contribution in [2.75, 3.05) is 43.1 Å². The molecule has 222 valence electrons. The Bertz CT molecular complexity index is 1550. The van der Waals surface area contributed by atoms with Gasteiger partial charge in [-0.05, 0) is 61.7 Å². The number of phenolic OH excluding ortho intramolecular Hbond substituents is 1. The summed E-state index contributed by atoms with van der Waals surface area (Å²) in [5, 5.41) is 15.2. The number of aryl methyl sites for hydroxylation is 1. The minimum absolute atomic E-state index is 0.0197. The lowest BCUT2D eigenvalue weighted by Gasteiger charge is -2.31. The lowest BCUT2D eigenvalue weighted by atomic mass is 9.95. The number of aromatic nitrogens is 2. The van der Waals surface area contributed by atoms with Gasteiger partial charge in [-0.15, -0.1) is 0 Å². The molecule has 4 aliphatic rings. The lowest BCUT2D eigenvalue weighted by Crippen LogP contribution is -2.43. The van der Waals surface area contributed by atoms with Crippen LogP contribution in [0.15, 0.2) is 24.3 Å². The predicted octanol–water partition coefficient (Wildman–Crippen LogP) is 4.74. The molecule has 0 spiro atoms. The number of hydrogen-bond donors (Lipinski definition) is 2. The van der Waals surface area contributed by atoms with Crippen molar-refractivity contribution >= 4 is 28.2 Å². The van der Waals surface area contributed by atoms with Crippen LogP contribution in [0.2, 0.25) is 0 Å². The number of ether oxygens (including phenoxy) is 2. The number of rotatable bonds is 7. The summed E-state index contributed by atoms with van der Waals surface area (Å²) in [6.07, 6.45) is 3.36. The van der Waals surface area contributed by atoms with Gasteiger partial charge in [0.1, 0.15) is 35.7 Å². The summed E-state index contributed by atoms with van der Waals surface area (Å²) in [6.45, 7) is 4.74. The number of carbonyl (C=O) groups is 1. The molecule has 11 heteroatoms. The van der Waals surface area contributed by atoms with Crippen LogP contribution in [0.4, 0.5) is 20.3 Å². The Morgan fingerprint density at radius 2 is 2.07 bits per heavy atom. The quantitative estimate of drug-likeness (QED) is 0.414. The minimum atomic E-state index is -0.873. The fourth-order valence-electron chi connectivity index (χ4n) is 7.26. The van der Waals surface area contributed by atoms with Gasteiger partial charge in [0.05, 0.1) is 23.5 Å². The van der Waals surface area contributed by atoms with E-state index in [4.69, 9.17) is 9.47 Å². The Kier molecular flexibility index (Phi) is 6.89. The van der Waals surface area contributed by atoms with Gasteiger partial charge >= 0.3 is 6.01 Å². The summed E-state index contributed by atoms with van der Waals surface area (Å²) in [6, 6.07) is 6.27. The highest BCUT2D eigenvalue weighted by molar-refractivity contribution is 6.16. The zero-order valence-electron chi connectivity index (χ0n) is 23.7. The molecule has 9 nitrogen and oxygen atoms in total. The van der Waals surface area contributed by atoms with Crippen LogP contribution < -0.4 is 15.0 Å². The fraction of sp³-hybridized carbons (Fsp3) is 0.516. The second-order valence-electron chi connectivity index (χ2n) is 11.9. The van der Waals surface area contributed by atoms with Crippen LogP contribution in [0.5, 0.6) is 11.8 Å². The summed E-state index contributed by atoms with van der Waals surface area (Å²) < 4.78 is 41.0. The van der Waals surface area contributed by atoms with E-state index in [2.05, 4.69) is 20.2 Å². The van der Waals surface area contributed by atoms with E-state index in [0.29, 0.717) is 71.7 Å². The van der Waals surface area contributed by atoms with E-state index >= 15 is 0 Å². The van der Waals surface area contributed by atoms with Crippen LogP contribution in [-0.2, 0) is 17.7 Å². The summed E-state index contributed by atoms with van der Waals surface area (Å²) in [4.78, 5) is 27.1. The standard InChI is InChI=1S/C31H35F2N5O4/c1-2-22-23(33)5-4-18-12-21(39)13-25(26(18)22)38-16-24-27(29(38)40)28(34-20-6-10-41-11-7-20)36-30(35-24)42-17-31-8-3-9-37(31)15-19(32)14-31/h4-5,12-13,19-20,39H,2-3,6-11,14-17H2,1H3,(H,34,35,36)/t19-,31+/m1/s1. The Morgan fingerprint density at radius 1 is 1.24 bits per heavy atom. The van der Waals surface area contributed by atoms with Gasteiger partial charge in [-0.2, -0.15) is 9.97 Å². The number of hydrogen-bond acceptors (Lipinski definition) is 8. The highest BCUT2D eigenvalue weighted by Gasteiger charge is 2.49. The van der Waals surface area contributed by atoms with Crippen molar-refractivity contribution < 1.29 is 28.2 Å². The first kappa shape index (κ1) is 27.3. The maximum atomic E-state index is 14.9. The second kappa shape index (κ2) is 10.6. The van der Waals surface area contributed by atoms with E-state index in [1.165, 1.54) is 17.0 Å². The van der Waals surface area contributed by atoms with Gasteiger partial charge in [0.15, 0.2) is 0 Å². The molecule has 7 rings (SSSR count). The van der Waals surface area contributed by atoms with E-state index < -0.39 is 6.17 Å². The van der Waals surface area contributed by atoms with Crippen molar-refractivity contribution in [1.82, 2.24) is 14.9 Å². The van der Waals surface area contributed by atoms with Crippen LogP contribution in [0, 0.1) is 5.82 Å². The number of benzene rings is 2. The third kappa shape index (κ3) is 4.63. The molecule has 0 aliphatic carbocycles. The topological polar surface area (TPSA) is 100 Å². The molecule has 0 unspecified atom stereocenters. The minimum Gasteiger partial charge on any atom is -0.508 e. The normalized spacial score (nSPS) is 24.4. The average Bonchev–Trinajstić information content (AvgIpc) is 3.62. The average molecular weight is 580 g/mol. The van der Waals surface area contributed by atoms with Crippen molar-refractivity contribution in [3.63, 3.8) is 0 Å². The maximum Gasteiger partial charge on any atom is 0.318 e. The number of phenols is 1. The number of fused-ring (bicyclic) bond motifs is 3. The van der Waals surface area contributed by atoms with Gasteiger partial charge < -0.3 is 24.8 Å². The number of alkyl halides is 1. The molecule has 42 heavy (non-hydrogen) atoms. The van der Waals surface area contributed by atoms with Crippen LogP contribution in [0.3, 0.4) is 0 Å². The lowest BCUT2D eigenvalue weighted by molar-refractivity contribution is 0.0902. The molecular weight excluding hydrogens is 544 g/mol. The molecule has 0 bridgehead atoms. The highest BCUT2D eigenvalue weighted by Crippen LogP contribution is 2.42. The predicted molar refractivity (Wildman–Crippen MR) is 154 cm³/mol. The first-order chi connectivity index (χ1) is 20.3. The Morgan fingerprint density at radius 3 is 2.88 bits per heavy atom. The van der Waals surface area contributed by atoms with E-state index in [-0.39, 0.29) is 48.2 Å². The van der Waals surface area contributed by atoms with E-state index in [9.17, 15) is 18.7 Å². The number of aromatic hydroxyl groups is 1. The molecule has 4 aliphatic heterocycles. The molecule has 3 aromatic rings. The monoisotopic (exact) mass is 579 g/mol. The largest absolute Gasteiger partial charge is 0.508 e. The number of nitrogens with one attached hydrogen (secondary N) is 1. The van der Waals surface area contributed by atoms with Crippen LogP contribution >= 0.6 is 0 Å². The Labute approximate surface area is 242 Å². The van der Waals surface area contributed by atoms with Crippen LogP contribution in [-0.4, -0.2) is 76.5 Å². The molecule has 3 fully saturated rings. The van der Waals surface area contributed by atoms with E-state index in [0.717, 1.165) is 32.2 Å². The first-order valence-corrected chi connectivity index (χ1v) is 14.9. The SMILES string of the molecule is CCc1c(F)ccc2cc(O)cc(N3Cc4nc(OC[C@@]56CCCN5C[C@H](F)C6)nc(NC5CCOCC5)c4C3=O)c12. The third-order valence-electron chi connectivity index (χ3n) is 9.30. The smallest absolute Gasteiger partial charge is 0.318 e. The van der Waals surface area contributed by atoms with Gasteiger partial charge in [-0.3, -0.25) is 9.69 Å². The van der Waals surface area contributed by atoms with Crippen molar-refractivity contribution in [3.8, 4) is 11.8 Å². The molecule has 5 heterocycles. The van der Waals surface area contributed by atoms with Crippen LogP contribution in [0.25, 0.3) is 10.8 Å². The number of amides is 1. The molecule has 0 saturated carbocycles. The third-order valence-corrected chi connectivity index (χ3v) is 9.30. The number of halogens is 2. The van der Waals surface area contributed by atoms with Crippen LogP contribution in [0.1, 0.15) is 60.6 Å². The number of nitrogens with zero attached hydrogens (tertiary/aromatic N) is 4. The fourth-order valence-corrected chi connectivity index (χ4v) is 7.26. The summed E-state index contributed by atoms with van der Waals surface area (Å²) in [5.41, 5.74) is 1.36. The van der Waals surface area contributed by atoms with Gasteiger partial charge in [0, 0.05) is 43.7 Å². The van der Waals surface area contributed by atoms with Gasteiger partial charge in [-0.25, -0.2) is 8.78 Å². The zero-order chi connectivity index (χ0) is 29.0. The molecule has 2 N–H and O–H groups in total. The van der Waals surface area contributed by atoms with Crippen molar-refractivity contribution in [1.29, 1.82) is 0 Å². The highest BCUT2D eigenvalue weighted by atomic mass is 19.1. The molecular formula is C31H35F2N5O4. The molecule has 1 aromatic heterocycles. The Balaban J connectivity index is 1.26. The maximum absolute atomic E-state index is 14.9. The molecule has 1 amide bonds. The summed E-state index contributed by atoms with van der Waals surface area (Å²) in [7, 11) is 0. The molecule has 3 saturated heterocycles. The van der Waals surface area contributed by atoms with E-state index in [1.807, 2.05) is 6.92 Å². The summed E-state index contributed by atoms with van der Waals surface area (Å²) >= 11 is 0.